The van der Waals surface area contributed by atoms with Crippen LogP contribution >= 0.6 is 0 Å². The maximum absolute atomic E-state index is 9.59. The van der Waals surface area contributed by atoms with Crippen LogP contribution in [0.4, 0.5) is 0 Å². The van der Waals surface area contributed by atoms with Gasteiger partial charge in [0, 0.05) is 0 Å². The highest BCUT2D eigenvalue weighted by Gasteiger charge is 2.61. The van der Waals surface area contributed by atoms with Gasteiger partial charge in [0.25, 0.3) is 0 Å². The predicted octanol–water partition coefficient (Wildman–Crippen LogP) is -3.51. The number of hydrogen-bond donors (Lipinski definition) is 6. The summed E-state index contributed by atoms with van der Waals surface area (Å²) in [6, 6.07) is 0. The van der Waals surface area contributed by atoms with Gasteiger partial charge in [0.05, 0.1) is 6.61 Å². The molecule has 0 radical (unpaired) electrons. The van der Waals surface area contributed by atoms with Crippen LogP contribution in [0.3, 0.4) is 0 Å². The van der Waals surface area contributed by atoms with E-state index >= 15 is 0 Å². The minimum atomic E-state index is -2.95. The lowest BCUT2D eigenvalue weighted by molar-refractivity contribution is -0.412. The van der Waals surface area contributed by atoms with Crippen molar-refractivity contribution >= 4 is 0 Å². The first-order valence-corrected chi connectivity index (χ1v) is 4.04. The average molecular weight is 210 g/mol. The lowest BCUT2D eigenvalue weighted by Crippen LogP contribution is -2.73. The predicted molar refractivity (Wildman–Crippen MR) is 41.8 cm³/mol. The second kappa shape index (κ2) is 3.38. The number of ether oxygens (including phenoxy) is 1. The quantitative estimate of drug-likeness (QED) is 0.247. The first-order valence-electron chi connectivity index (χ1n) is 4.04. The minimum absolute atomic E-state index is 0.723. The molecule has 0 spiro atoms. The summed E-state index contributed by atoms with van der Waals surface area (Å²) >= 11 is 0. The van der Waals surface area contributed by atoms with Gasteiger partial charge in [-0.3, -0.25) is 0 Å². The Morgan fingerprint density at radius 3 is 2.14 bits per heavy atom. The van der Waals surface area contributed by atoms with Crippen molar-refractivity contribution in [2.75, 3.05) is 6.61 Å². The van der Waals surface area contributed by atoms with Crippen LogP contribution in [0.2, 0.25) is 0 Å². The van der Waals surface area contributed by atoms with Crippen molar-refractivity contribution in [3.63, 3.8) is 0 Å². The van der Waals surface area contributed by atoms with E-state index in [-0.39, 0.29) is 0 Å². The first kappa shape index (κ1) is 11.8. The molecule has 7 heteroatoms. The van der Waals surface area contributed by atoms with Crippen LogP contribution in [0, 0.1) is 0 Å². The van der Waals surface area contributed by atoms with E-state index in [1.807, 2.05) is 0 Å². The van der Waals surface area contributed by atoms with Crippen LogP contribution in [-0.4, -0.2) is 67.1 Å². The Morgan fingerprint density at radius 1 is 1.21 bits per heavy atom. The molecule has 7 nitrogen and oxygen atoms in total. The van der Waals surface area contributed by atoms with Gasteiger partial charge in [-0.2, -0.15) is 0 Å². The molecule has 6 N–H and O–H groups in total. The van der Waals surface area contributed by atoms with Crippen molar-refractivity contribution in [3.8, 4) is 0 Å². The van der Waals surface area contributed by atoms with Crippen LogP contribution in [-0.2, 0) is 4.74 Å². The van der Waals surface area contributed by atoms with Crippen LogP contribution in [0.15, 0.2) is 0 Å². The first-order chi connectivity index (χ1) is 6.25. The van der Waals surface area contributed by atoms with Gasteiger partial charge >= 0.3 is 0 Å². The molecule has 0 aromatic carbocycles. The van der Waals surface area contributed by atoms with Gasteiger partial charge < -0.3 is 35.4 Å². The zero-order chi connectivity index (χ0) is 11.1. The Bertz CT molecular complexity index is 208. The van der Waals surface area contributed by atoms with Crippen LogP contribution in [0.1, 0.15) is 6.92 Å². The van der Waals surface area contributed by atoms with Crippen LogP contribution in [0.25, 0.3) is 0 Å². The highest BCUT2D eigenvalue weighted by atomic mass is 16.7. The van der Waals surface area contributed by atoms with E-state index in [4.69, 9.17) is 15.3 Å². The Kier molecular flexibility index (Phi) is 2.85. The molecule has 1 saturated heterocycles. The molecule has 1 aliphatic heterocycles. The zero-order valence-corrected chi connectivity index (χ0v) is 7.53. The zero-order valence-electron chi connectivity index (χ0n) is 7.53. The van der Waals surface area contributed by atoms with E-state index in [9.17, 15) is 15.3 Å². The molecular weight excluding hydrogens is 196 g/mol. The van der Waals surface area contributed by atoms with Gasteiger partial charge in [-0.05, 0) is 6.92 Å². The van der Waals surface area contributed by atoms with Crippen LogP contribution < -0.4 is 0 Å². The third-order valence-corrected chi connectivity index (χ3v) is 2.52. The molecule has 0 bridgehead atoms. The molecule has 1 fully saturated rings. The SMILES string of the molecule is C[C@@]1(O)[C@@H](CO)O[C@H](O)[C@H](O)C1(O)O. The van der Waals surface area contributed by atoms with Crippen molar-refractivity contribution in [3.05, 3.63) is 0 Å². The summed E-state index contributed by atoms with van der Waals surface area (Å²) in [5.74, 6) is -2.95. The van der Waals surface area contributed by atoms with E-state index in [1.54, 1.807) is 0 Å². The van der Waals surface area contributed by atoms with Crippen molar-refractivity contribution < 1.29 is 35.4 Å². The Morgan fingerprint density at radius 2 is 1.71 bits per heavy atom. The number of aliphatic hydroxyl groups excluding tert-OH is 3. The second-order valence-corrected chi connectivity index (χ2v) is 3.52. The van der Waals surface area contributed by atoms with E-state index < -0.39 is 36.5 Å². The lowest BCUT2D eigenvalue weighted by atomic mass is 9.83. The molecule has 1 aliphatic rings. The summed E-state index contributed by atoms with van der Waals surface area (Å²) in [6.07, 6.45) is -5.33. The van der Waals surface area contributed by atoms with Gasteiger partial charge in [0.15, 0.2) is 12.4 Å². The monoisotopic (exact) mass is 210 g/mol. The summed E-state index contributed by atoms with van der Waals surface area (Å²) < 4.78 is 4.58. The molecule has 1 heterocycles. The van der Waals surface area contributed by atoms with Crippen molar-refractivity contribution in [1.29, 1.82) is 0 Å². The van der Waals surface area contributed by atoms with Gasteiger partial charge in [-0.1, -0.05) is 0 Å². The number of hydrogen-bond acceptors (Lipinski definition) is 7. The fraction of sp³-hybridized carbons (Fsp3) is 1.00. The fourth-order valence-corrected chi connectivity index (χ4v) is 1.33. The topological polar surface area (TPSA) is 131 Å². The highest BCUT2D eigenvalue weighted by Crippen LogP contribution is 2.35. The molecule has 0 aliphatic carbocycles. The smallest absolute Gasteiger partial charge is 0.226 e. The summed E-state index contributed by atoms with van der Waals surface area (Å²) in [7, 11) is 0. The summed E-state index contributed by atoms with van der Waals surface area (Å²) in [4.78, 5) is 0. The standard InChI is InChI=1S/C7H14O7/c1-6(11)3(2-8)14-5(10)4(9)7(6,12)13/h3-5,8-13H,2H2,1H3/t3-,4+,5+,6-/m1/s1. The molecule has 0 amide bonds. The summed E-state index contributed by atoms with van der Waals surface area (Å²) in [5.41, 5.74) is -2.28. The maximum atomic E-state index is 9.59. The van der Waals surface area contributed by atoms with E-state index in [0.717, 1.165) is 6.92 Å². The molecule has 4 atom stereocenters. The van der Waals surface area contributed by atoms with Gasteiger partial charge in [-0.25, -0.2) is 0 Å². The largest absolute Gasteiger partial charge is 0.394 e. The average Bonchev–Trinajstić information content (AvgIpc) is 2.09. The van der Waals surface area contributed by atoms with Gasteiger partial charge in [0.2, 0.25) is 5.79 Å². The summed E-state index contributed by atoms with van der Waals surface area (Å²) in [5, 5.41) is 55.2. The van der Waals surface area contributed by atoms with E-state index in [1.165, 1.54) is 0 Å². The third kappa shape index (κ3) is 1.43. The minimum Gasteiger partial charge on any atom is -0.394 e. The third-order valence-electron chi connectivity index (χ3n) is 2.52. The molecule has 84 valence electrons. The summed E-state index contributed by atoms with van der Waals surface area (Å²) in [6.45, 7) is 0.253. The number of aliphatic hydroxyl groups is 6. The lowest BCUT2D eigenvalue weighted by Gasteiger charge is -2.49. The van der Waals surface area contributed by atoms with E-state index in [0.29, 0.717) is 0 Å². The van der Waals surface area contributed by atoms with Crippen molar-refractivity contribution in [1.82, 2.24) is 0 Å². The molecule has 0 aromatic heterocycles. The molecule has 14 heavy (non-hydrogen) atoms. The maximum Gasteiger partial charge on any atom is 0.226 e. The number of rotatable bonds is 1. The second-order valence-electron chi connectivity index (χ2n) is 3.52. The Balaban J connectivity index is 3.01. The Hall–Kier alpha value is -0.280. The fourth-order valence-electron chi connectivity index (χ4n) is 1.33. The molecule has 0 saturated carbocycles. The van der Waals surface area contributed by atoms with Gasteiger partial charge in [-0.15, -0.1) is 0 Å². The van der Waals surface area contributed by atoms with Crippen LogP contribution in [0.5, 0.6) is 0 Å². The molecule has 0 unspecified atom stereocenters. The van der Waals surface area contributed by atoms with Gasteiger partial charge in [0.1, 0.15) is 11.7 Å². The molecular formula is C7H14O7. The highest BCUT2D eigenvalue weighted by molar-refractivity contribution is 5.03. The normalized spacial score (nSPS) is 47.8. The van der Waals surface area contributed by atoms with E-state index in [2.05, 4.69) is 4.74 Å². The molecule has 0 aromatic rings. The van der Waals surface area contributed by atoms with Crippen molar-refractivity contribution in [2.24, 2.45) is 0 Å². The Labute approximate surface area is 79.8 Å². The molecule has 1 rings (SSSR count). The van der Waals surface area contributed by atoms with Crippen molar-refractivity contribution in [2.45, 2.75) is 36.8 Å².